The Labute approximate surface area is 121 Å². The lowest BCUT2D eigenvalue weighted by Gasteiger charge is -2.22. The molecule has 0 saturated heterocycles. The molecule has 106 valence electrons. The van der Waals surface area contributed by atoms with E-state index in [1.54, 1.807) is 6.07 Å². The Hall–Kier alpha value is -0.590. The molecule has 2 rings (SSSR count). The van der Waals surface area contributed by atoms with Crippen molar-refractivity contribution in [3.05, 3.63) is 17.0 Å². The summed E-state index contributed by atoms with van der Waals surface area (Å²) in [6.07, 6.45) is 5.87. The van der Waals surface area contributed by atoms with Crippen LogP contribution in [0.2, 0.25) is 0 Å². The molecule has 4 nitrogen and oxygen atoms in total. The Bertz CT molecular complexity index is 547. The molecule has 7 heteroatoms. The maximum absolute atomic E-state index is 11.9. The number of amides is 1. The normalized spacial score (nSPS) is 17.3. The van der Waals surface area contributed by atoms with E-state index in [-0.39, 0.29) is 22.6 Å². The summed E-state index contributed by atoms with van der Waals surface area (Å²) in [5, 5.41) is 3.00. The highest BCUT2D eigenvalue weighted by Gasteiger charge is 2.18. The van der Waals surface area contributed by atoms with Crippen molar-refractivity contribution in [2.45, 2.75) is 48.8 Å². The zero-order valence-electron chi connectivity index (χ0n) is 10.4. The number of hydrogen-bond donors (Lipinski definition) is 1. The second-order valence-electron chi connectivity index (χ2n) is 4.74. The van der Waals surface area contributed by atoms with Crippen LogP contribution in [0.5, 0.6) is 0 Å². The first kappa shape index (κ1) is 14.8. The molecule has 1 aliphatic rings. The van der Waals surface area contributed by atoms with Crippen LogP contribution in [-0.2, 0) is 20.3 Å². The van der Waals surface area contributed by atoms with Gasteiger partial charge in [-0.3, -0.25) is 4.79 Å². The van der Waals surface area contributed by atoms with E-state index in [9.17, 15) is 13.2 Å². The monoisotopic (exact) mass is 321 g/mol. The van der Waals surface area contributed by atoms with E-state index in [2.05, 4.69) is 5.32 Å². The minimum atomic E-state index is -3.69. The zero-order valence-corrected chi connectivity index (χ0v) is 12.8. The zero-order chi connectivity index (χ0) is 13.9. The Kier molecular flexibility index (Phi) is 4.86. The number of carbonyl (C=O) groups excluding carboxylic acids is 1. The molecule has 0 unspecified atom stereocenters. The van der Waals surface area contributed by atoms with Crippen LogP contribution in [0.1, 0.15) is 37.0 Å². The van der Waals surface area contributed by atoms with Crippen molar-refractivity contribution in [3.8, 4) is 0 Å². The van der Waals surface area contributed by atoms with Gasteiger partial charge in [-0.05, 0) is 25.0 Å². The highest BCUT2D eigenvalue weighted by molar-refractivity contribution is 8.15. The predicted molar refractivity (Wildman–Crippen MR) is 76.1 cm³/mol. The molecule has 0 radical (unpaired) electrons. The van der Waals surface area contributed by atoms with Crippen LogP contribution in [0.3, 0.4) is 0 Å². The molecule has 1 aromatic heterocycles. The standard InChI is InChI=1S/C12H16ClNO3S2/c13-19(16,17)12-7-6-10(18-12)8-11(15)14-9-4-2-1-3-5-9/h6-7,9H,1-5,8H2,(H,14,15). The van der Waals surface area contributed by atoms with Crippen LogP contribution in [0.25, 0.3) is 0 Å². The summed E-state index contributed by atoms with van der Waals surface area (Å²) < 4.78 is 22.3. The molecule has 0 bridgehead atoms. The largest absolute Gasteiger partial charge is 0.353 e. The average molecular weight is 322 g/mol. The number of carbonyl (C=O) groups is 1. The molecule has 1 heterocycles. The van der Waals surface area contributed by atoms with Gasteiger partial charge in [0, 0.05) is 21.6 Å². The van der Waals surface area contributed by atoms with Gasteiger partial charge in [0.1, 0.15) is 4.21 Å². The number of nitrogens with one attached hydrogen (secondary N) is 1. The summed E-state index contributed by atoms with van der Waals surface area (Å²) in [5.74, 6) is -0.0488. The number of halogens is 1. The molecule has 0 atom stereocenters. The van der Waals surface area contributed by atoms with E-state index in [0.717, 1.165) is 24.2 Å². The lowest BCUT2D eigenvalue weighted by Crippen LogP contribution is -2.36. The van der Waals surface area contributed by atoms with Crippen molar-refractivity contribution in [3.63, 3.8) is 0 Å². The second-order valence-corrected chi connectivity index (χ2v) is 8.70. The fraction of sp³-hybridized carbons (Fsp3) is 0.583. The minimum absolute atomic E-state index is 0.0488. The molecule has 1 N–H and O–H groups in total. The summed E-state index contributed by atoms with van der Waals surface area (Å²) in [6.45, 7) is 0. The van der Waals surface area contributed by atoms with Gasteiger partial charge in [-0.2, -0.15) is 0 Å². The van der Waals surface area contributed by atoms with Gasteiger partial charge in [0.25, 0.3) is 9.05 Å². The summed E-state index contributed by atoms with van der Waals surface area (Å²) >= 11 is 1.05. The van der Waals surface area contributed by atoms with Crippen molar-refractivity contribution in [1.29, 1.82) is 0 Å². The highest BCUT2D eigenvalue weighted by Crippen LogP contribution is 2.25. The fourth-order valence-corrected chi connectivity index (χ4v) is 4.39. The van der Waals surface area contributed by atoms with E-state index in [0.29, 0.717) is 4.88 Å². The molecular formula is C12H16ClNO3S2. The van der Waals surface area contributed by atoms with Gasteiger partial charge in [0.05, 0.1) is 6.42 Å². The predicted octanol–water partition coefficient (Wildman–Crippen LogP) is 2.67. The third-order valence-electron chi connectivity index (χ3n) is 3.18. The Balaban J connectivity index is 1.90. The molecule has 0 spiro atoms. The van der Waals surface area contributed by atoms with Crippen LogP contribution in [-0.4, -0.2) is 20.4 Å². The molecule has 1 fully saturated rings. The lowest BCUT2D eigenvalue weighted by atomic mass is 9.95. The molecule has 1 saturated carbocycles. The quantitative estimate of drug-likeness (QED) is 0.867. The van der Waals surface area contributed by atoms with Gasteiger partial charge < -0.3 is 5.32 Å². The Morgan fingerprint density at radius 1 is 1.32 bits per heavy atom. The molecule has 0 aliphatic heterocycles. The number of hydrogen-bond acceptors (Lipinski definition) is 4. The SMILES string of the molecule is O=C(Cc1ccc(S(=O)(=O)Cl)s1)NC1CCCCC1. The maximum atomic E-state index is 11.9. The van der Waals surface area contributed by atoms with Crippen molar-refractivity contribution in [1.82, 2.24) is 5.32 Å². The summed E-state index contributed by atoms with van der Waals surface area (Å²) in [4.78, 5) is 12.6. The summed E-state index contributed by atoms with van der Waals surface area (Å²) in [7, 11) is 1.56. The molecular weight excluding hydrogens is 306 g/mol. The van der Waals surface area contributed by atoms with Gasteiger partial charge in [-0.1, -0.05) is 19.3 Å². The van der Waals surface area contributed by atoms with E-state index in [1.807, 2.05) is 0 Å². The second kappa shape index (κ2) is 6.24. The first-order chi connectivity index (χ1) is 8.95. The summed E-state index contributed by atoms with van der Waals surface area (Å²) in [5.41, 5.74) is 0. The third kappa shape index (κ3) is 4.47. The molecule has 1 aliphatic carbocycles. The van der Waals surface area contributed by atoms with E-state index in [1.165, 1.54) is 25.3 Å². The smallest absolute Gasteiger partial charge is 0.270 e. The Morgan fingerprint density at radius 2 is 2.00 bits per heavy atom. The summed E-state index contributed by atoms with van der Waals surface area (Å²) in [6, 6.07) is 3.36. The van der Waals surface area contributed by atoms with Crippen LogP contribution >= 0.6 is 22.0 Å². The van der Waals surface area contributed by atoms with Crippen molar-refractivity contribution < 1.29 is 13.2 Å². The first-order valence-electron chi connectivity index (χ1n) is 6.28. The third-order valence-corrected chi connectivity index (χ3v) is 6.36. The van der Waals surface area contributed by atoms with Gasteiger partial charge in [-0.25, -0.2) is 8.42 Å². The van der Waals surface area contributed by atoms with Crippen LogP contribution in [0.4, 0.5) is 0 Å². The first-order valence-corrected chi connectivity index (χ1v) is 9.40. The topological polar surface area (TPSA) is 63.2 Å². The van der Waals surface area contributed by atoms with Crippen LogP contribution < -0.4 is 5.32 Å². The van der Waals surface area contributed by atoms with Crippen molar-refractivity contribution >= 4 is 37.0 Å². The Morgan fingerprint density at radius 3 is 2.58 bits per heavy atom. The van der Waals surface area contributed by atoms with E-state index >= 15 is 0 Å². The van der Waals surface area contributed by atoms with Gasteiger partial charge >= 0.3 is 0 Å². The molecule has 19 heavy (non-hydrogen) atoms. The highest BCUT2D eigenvalue weighted by atomic mass is 35.7. The van der Waals surface area contributed by atoms with Crippen LogP contribution in [0, 0.1) is 0 Å². The maximum Gasteiger partial charge on any atom is 0.270 e. The van der Waals surface area contributed by atoms with Crippen LogP contribution in [0.15, 0.2) is 16.3 Å². The van der Waals surface area contributed by atoms with E-state index in [4.69, 9.17) is 10.7 Å². The van der Waals surface area contributed by atoms with Crippen molar-refractivity contribution in [2.75, 3.05) is 0 Å². The van der Waals surface area contributed by atoms with Crippen molar-refractivity contribution in [2.24, 2.45) is 0 Å². The molecule has 1 amide bonds. The van der Waals surface area contributed by atoms with Gasteiger partial charge in [0.2, 0.25) is 5.91 Å². The van der Waals surface area contributed by atoms with Gasteiger partial charge in [-0.15, -0.1) is 11.3 Å². The average Bonchev–Trinajstić information content (AvgIpc) is 2.78. The molecule has 1 aromatic rings. The lowest BCUT2D eigenvalue weighted by molar-refractivity contribution is -0.121. The van der Waals surface area contributed by atoms with E-state index < -0.39 is 9.05 Å². The molecule has 0 aromatic carbocycles. The number of thiophene rings is 1. The fourth-order valence-electron chi connectivity index (χ4n) is 2.27. The van der Waals surface area contributed by atoms with Gasteiger partial charge in [0.15, 0.2) is 0 Å². The minimum Gasteiger partial charge on any atom is -0.353 e. The number of rotatable bonds is 4.